The van der Waals surface area contributed by atoms with Crippen LogP contribution in [0.25, 0.3) is 0 Å². The van der Waals surface area contributed by atoms with Crippen LogP contribution in [0.1, 0.15) is 37.7 Å². The highest BCUT2D eigenvalue weighted by atomic mass is 19.2. The van der Waals surface area contributed by atoms with E-state index in [0.717, 1.165) is 31.4 Å². The molecule has 1 nitrogen and oxygen atoms in total. The van der Waals surface area contributed by atoms with Crippen molar-refractivity contribution in [3.8, 4) is 0 Å². The van der Waals surface area contributed by atoms with Gasteiger partial charge in [-0.3, -0.25) is 0 Å². The van der Waals surface area contributed by atoms with Crippen molar-refractivity contribution in [1.29, 1.82) is 0 Å². The van der Waals surface area contributed by atoms with E-state index in [-0.39, 0.29) is 12.1 Å². The third-order valence-electron chi connectivity index (χ3n) is 3.78. The number of hydrogen-bond acceptors (Lipinski definition) is 1. The highest BCUT2D eigenvalue weighted by molar-refractivity contribution is 5.31. The molecule has 0 amide bonds. The fourth-order valence-electron chi connectivity index (χ4n) is 2.80. The summed E-state index contributed by atoms with van der Waals surface area (Å²) in [6.07, 6.45) is 4.06. The van der Waals surface area contributed by atoms with Gasteiger partial charge in [0.1, 0.15) is 5.82 Å². The lowest BCUT2D eigenvalue weighted by molar-refractivity contribution is 0.277. The van der Waals surface area contributed by atoms with Crippen molar-refractivity contribution in [2.24, 2.45) is 5.73 Å². The molecule has 1 aliphatic rings. The zero-order valence-electron chi connectivity index (χ0n) is 9.61. The molecule has 0 aliphatic heterocycles. The first-order chi connectivity index (χ1) is 8.10. The Hall–Kier alpha value is -1.03. The first kappa shape index (κ1) is 12.4. The number of rotatable bonds is 2. The fourth-order valence-corrected chi connectivity index (χ4v) is 2.80. The average Bonchev–Trinajstić information content (AvgIpc) is 2.35. The Morgan fingerprint density at radius 2 is 1.59 bits per heavy atom. The molecule has 2 N–H and O–H groups in total. The van der Waals surface area contributed by atoms with Crippen LogP contribution in [0.2, 0.25) is 0 Å². The standard InChI is InChI=1S/C13H16F3N/c14-9-4-5-10(15)12(16)11(9)13(8-17)6-2-1-3-7-13/h4-5H,1-3,6-8,17H2. The zero-order chi connectivity index (χ0) is 12.5. The van der Waals surface area contributed by atoms with Crippen LogP contribution in [0.4, 0.5) is 13.2 Å². The van der Waals surface area contributed by atoms with Crippen molar-refractivity contribution in [2.75, 3.05) is 6.54 Å². The van der Waals surface area contributed by atoms with E-state index in [1.807, 2.05) is 0 Å². The summed E-state index contributed by atoms with van der Waals surface area (Å²) in [5.41, 5.74) is 4.82. The Labute approximate surface area is 98.8 Å². The molecular formula is C13H16F3N. The van der Waals surface area contributed by atoms with Gasteiger partial charge < -0.3 is 5.73 Å². The summed E-state index contributed by atoms with van der Waals surface area (Å²) in [7, 11) is 0. The lowest BCUT2D eigenvalue weighted by Gasteiger charge is -2.37. The second kappa shape index (κ2) is 4.69. The maximum absolute atomic E-state index is 13.8. The van der Waals surface area contributed by atoms with Crippen LogP contribution in [0, 0.1) is 17.5 Å². The molecule has 4 heteroatoms. The Morgan fingerprint density at radius 1 is 1.00 bits per heavy atom. The highest BCUT2D eigenvalue weighted by Gasteiger charge is 2.38. The van der Waals surface area contributed by atoms with E-state index in [1.54, 1.807) is 0 Å². The van der Waals surface area contributed by atoms with Gasteiger partial charge in [0.15, 0.2) is 11.6 Å². The Bertz CT molecular complexity index is 411. The predicted molar refractivity (Wildman–Crippen MR) is 60.1 cm³/mol. The van der Waals surface area contributed by atoms with Crippen LogP contribution < -0.4 is 5.73 Å². The van der Waals surface area contributed by atoms with Gasteiger partial charge in [0, 0.05) is 17.5 Å². The minimum atomic E-state index is -1.07. The summed E-state index contributed by atoms with van der Waals surface area (Å²) in [5, 5.41) is 0. The van der Waals surface area contributed by atoms with Crippen molar-refractivity contribution in [3.63, 3.8) is 0 Å². The molecule has 0 radical (unpaired) electrons. The lowest BCUT2D eigenvalue weighted by Crippen LogP contribution is -2.39. The molecule has 2 rings (SSSR count). The van der Waals surface area contributed by atoms with Gasteiger partial charge in [0.05, 0.1) is 0 Å². The van der Waals surface area contributed by atoms with Crippen molar-refractivity contribution in [1.82, 2.24) is 0 Å². The highest BCUT2D eigenvalue weighted by Crippen LogP contribution is 2.41. The van der Waals surface area contributed by atoms with E-state index in [0.29, 0.717) is 12.8 Å². The molecule has 0 heterocycles. The van der Waals surface area contributed by atoms with Crippen LogP contribution in [0.3, 0.4) is 0 Å². The van der Waals surface area contributed by atoms with Gasteiger partial charge in [-0.2, -0.15) is 0 Å². The normalized spacial score (nSPS) is 19.3. The van der Waals surface area contributed by atoms with Crippen molar-refractivity contribution in [3.05, 3.63) is 35.1 Å². The van der Waals surface area contributed by atoms with Gasteiger partial charge in [0.2, 0.25) is 0 Å². The van der Waals surface area contributed by atoms with E-state index >= 15 is 0 Å². The summed E-state index contributed by atoms with van der Waals surface area (Å²) < 4.78 is 40.8. The molecule has 0 spiro atoms. The molecule has 0 bridgehead atoms. The second-order valence-corrected chi connectivity index (χ2v) is 4.76. The number of halogens is 3. The molecule has 94 valence electrons. The summed E-state index contributed by atoms with van der Waals surface area (Å²) in [4.78, 5) is 0. The molecule has 17 heavy (non-hydrogen) atoms. The molecule has 1 aromatic rings. The van der Waals surface area contributed by atoms with Gasteiger partial charge in [-0.05, 0) is 25.0 Å². The minimum absolute atomic E-state index is 0.153. The van der Waals surface area contributed by atoms with E-state index in [1.165, 1.54) is 0 Å². The molecule has 0 unspecified atom stereocenters. The third kappa shape index (κ3) is 2.06. The SMILES string of the molecule is NCC1(c2c(F)ccc(F)c2F)CCCCC1. The van der Waals surface area contributed by atoms with Crippen molar-refractivity contribution < 1.29 is 13.2 Å². The topological polar surface area (TPSA) is 26.0 Å². The number of nitrogens with two attached hydrogens (primary N) is 1. The summed E-state index contributed by atoms with van der Waals surface area (Å²) in [6, 6.07) is 1.81. The molecule has 1 saturated carbocycles. The number of hydrogen-bond donors (Lipinski definition) is 1. The smallest absolute Gasteiger partial charge is 0.165 e. The Balaban J connectivity index is 2.53. The fraction of sp³-hybridized carbons (Fsp3) is 0.538. The predicted octanol–water partition coefficient (Wildman–Crippen LogP) is 3.26. The molecule has 1 fully saturated rings. The Morgan fingerprint density at radius 3 is 2.18 bits per heavy atom. The summed E-state index contributed by atoms with van der Waals surface area (Å²) in [6.45, 7) is 0.157. The van der Waals surface area contributed by atoms with Crippen LogP contribution >= 0.6 is 0 Å². The van der Waals surface area contributed by atoms with Crippen LogP contribution in [-0.2, 0) is 5.41 Å². The third-order valence-corrected chi connectivity index (χ3v) is 3.78. The largest absolute Gasteiger partial charge is 0.330 e. The second-order valence-electron chi connectivity index (χ2n) is 4.76. The first-order valence-corrected chi connectivity index (χ1v) is 5.95. The minimum Gasteiger partial charge on any atom is -0.330 e. The van der Waals surface area contributed by atoms with E-state index in [2.05, 4.69) is 0 Å². The van der Waals surface area contributed by atoms with Crippen molar-refractivity contribution >= 4 is 0 Å². The van der Waals surface area contributed by atoms with Gasteiger partial charge >= 0.3 is 0 Å². The van der Waals surface area contributed by atoms with Crippen LogP contribution in [0.5, 0.6) is 0 Å². The maximum Gasteiger partial charge on any atom is 0.165 e. The molecule has 1 aliphatic carbocycles. The average molecular weight is 243 g/mol. The van der Waals surface area contributed by atoms with Gasteiger partial charge in [-0.15, -0.1) is 0 Å². The molecule has 0 aromatic heterocycles. The van der Waals surface area contributed by atoms with Crippen LogP contribution in [-0.4, -0.2) is 6.54 Å². The van der Waals surface area contributed by atoms with Gasteiger partial charge in [-0.1, -0.05) is 19.3 Å². The van der Waals surface area contributed by atoms with E-state index < -0.39 is 22.9 Å². The quantitative estimate of drug-likeness (QED) is 0.793. The first-order valence-electron chi connectivity index (χ1n) is 5.95. The summed E-state index contributed by atoms with van der Waals surface area (Å²) in [5.74, 6) is -2.76. The van der Waals surface area contributed by atoms with E-state index in [4.69, 9.17) is 5.73 Å². The maximum atomic E-state index is 13.8. The molecule has 0 saturated heterocycles. The van der Waals surface area contributed by atoms with Gasteiger partial charge in [-0.25, -0.2) is 13.2 Å². The molecular weight excluding hydrogens is 227 g/mol. The lowest BCUT2D eigenvalue weighted by atomic mass is 9.69. The monoisotopic (exact) mass is 243 g/mol. The van der Waals surface area contributed by atoms with E-state index in [9.17, 15) is 13.2 Å². The molecule has 0 atom stereocenters. The zero-order valence-corrected chi connectivity index (χ0v) is 9.61. The van der Waals surface area contributed by atoms with Crippen LogP contribution in [0.15, 0.2) is 12.1 Å². The van der Waals surface area contributed by atoms with Gasteiger partial charge in [0.25, 0.3) is 0 Å². The van der Waals surface area contributed by atoms with Crippen molar-refractivity contribution in [2.45, 2.75) is 37.5 Å². The molecule has 1 aromatic carbocycles. The summed E-state index contributed by atoms with van der Waals surface area (Å²) >= 11 is 0. The number of benzene rings is 1. The Kier molecular flexibility index (Phi) is 3.43.